The highest BCUT2D eigenvalue weighted by molar-refractivity contribution is 6.74. The van der Waals surface area contributed by atoms with Crippen LogP contribution in [0.25, 0.3) is 0 Å². The van der Waals surface area contributed by atoms with Crippen LogP contribution in [0.4, 0.5) is 0 Å². The number of hydrogen-bond donors (Lipinski definition) is 1. The minimum atomic E-state index is -2.28. The highest BCUT2D eigenvalue weighted by atomic mass is 28.4. The van der Waals surface area contributed by atoms with Gasteiger partial charge in [-0.3, -0.25) is 4.68 Å². The fraction of sp³-hybridized carbons (Fsp3) is 0.529. The highest BCUT2D eigenvalue weighted by Gasteiger charge is 2.42. The summed E-state index contributed by atoms with van der Waals surface area (Å²) in [6.07, 6.45) is 2.97. The Labute approximate surface area is 253 Å². The molecule has 7 nitrogen and oxygen atoms in total. The number of hydrogen-bond acceptors (Lipinski definition) is 5. The predicted octanol–water partition coefficient (Wildman–Crippen LogP) is 8.18. The van der Waals surface area contributed by atoms with E-state index in [9.17, 15) is 9.90 Å². The third-order valence-corrected chi connectivity index (χ3v) is 13.3. The topological polar surface area (TPSA) is 82.8 Å². The van der Waals surface area contributed by atoms with E-state index in [0.29, 0.717) is 13.0 Å². The van der Waals surface area contributed by atoms with Crippen molar-refractivity contribution in [2.24, 2.45) is 5.92 Å². The average molecular weight is 595 g/mol. The zero-order valence-electron chi connectivity index (χ0n) is 27.2. The number of nitrogens with zero attached hydrogens (tertiary/aromatic N) is 2. The molecule has 2 atom stereocenters. The number of carboxylic acids is 1. The maximum Gasteiger partial charge on any atom is 0.354 e. The zero-order valence-corrected chi connectivity index (χ0v) is 28.2. The standard InChI is InChI=1S/C34H50N2O5Si/c1-11-28-24(3)35-36(31(28)33(37)38)22-26(19-15-18-25-16-13-12-14-17-25)32(41-42(9,10)34(4,5)6)27-20-29(39-7)23(2)30(21-27)40-8/h12-14,16-17,20-21,26,32H,11,15,18-19,22H2,1-10H3,(H,37,38)/t26-,32-/m0/s1. The van der Waals surface area contributed by atoms with Gasteiger partial charge in [-0.25, -0.2) is 4.79 Å². The molecular formula is C34H50N2O5Si. The summed E-state index contributed by atoms with van der Waals surface area (Å²) in [4.78, 5) is 12.5. The molecule has 0 spiro atoms. The van der Waals surface area contributed by atoms with Crippen molar-refractivity contribution in [2.45, 2.75) is 98.0 Å². The van der Waals surface area contributed by atoms with E-state index in [0.717, 1.165) is 53.1 Å². The van der Waals surface area contributed by atoms with Gasteiger partial charge >= 0.3 is 5.97 Å². The van der Waals surface area contributed by atoms with E-state index >= 15 is 0 Å². The molecule has 8 heteroatoms. The summed E-state index contributed by atoms with van der Waals surface area (Å²) in [7, 11) is 1.06. The van der Waals surface area contributed by atoms with Crippen LogP contribution in [-0.4, -0.2) is 43.4 Å². The van der Waals surface area contributed by atoms with Gasteiger partial charge in [0, 0.05) is 23.6 Å². The van der Waals surface area contributed by atoms with Crippen LogP contribution >= 0.6 is 0 Å². The third kappa shape index (κ3) is 7.64. The molecule has 0 fully saturated rings. The Bertz CT molecular complexity index is 1320. The molecule has 0 radical (unpaired) electrons. The smallest absolute Gasteiger partial charge is 0.354 e. The zero-order chi connectivity index (χ0) is 31.2. The summed E-state index contributed by atoms with van der Waals surface area (Å²) in [6.45, 7) is 17.5. The van der Waals surface area contributed by atoms with Crippen LogP contribution in [0.1, 0.15) is 85.1 Å². The van der Waals surface area contributed by atoms with Crippen molar-refractivity contribution in [3.05, 3.63) is 76.1 Å². The molecule has 42 heavy (non-hydrogen) atoms. The lowest BCUT2D eigenvalue weighted by molar-refractivity contribution is 0.0666. The normalized spacial score (nSPS) is 13.6. The Morgan fingerprint density at radius 2 is 1.64 bits per heavy atom. The first-order valence-corrected chi connectivity index (χ1v) is 17.9. The van der Waals surface area contributed by atoms with Crippen LogP contribution in [0.15, 0.2) is 42.5 Å². The van der Waals surface area contributed by atoms with Crippen LogP contribution in [0.3, 0.4) is 0 Å². The third-order valence-electron chi connectivity index (χ3n) is 8.86. The Hall–Kier alpha value is -3.10. The lowest BCUT2D eigenvalue weighted by Crippen LogP contribution is -2.43. The molecule has 0 aliphatic rings. The SMILES string of the molecule is CCc1c(C)nn(C[C@H](CCCc2ccccc2)[C@H](O[Si](C)(C)C(C)(C)C)c2cc(OC)c(C)c(OC)c2)c1C(=O)O. The van der Waals surface area contributed by atoms with Crippen molar-refractivity contribution < 1.29 is 23.8 Å². The lowest BCUT2D eigenvalue weighted by Gasteiger charge is -2.42. The second-order valence-electron chi connectivity index (χ2n) is 12.7. The van der Waals surface area contributed by atoms with Crippen LogP contribution in [0.2, 0.25) is 18.1 Å². The number of aromatic nitrogens is 2. The minimum Gasteiger partial charge on any atom is -0.496 e. The maximum absolute atomic E-state index is 12.5. The van der Waals surface area contributed by atoms with E-state index in [1.54, 1.807) is 18.9 Å². The monoisotopic (exact) mass is 594 g/mol. The van der Waals surface area contributed by atoms with Gasteiger partial charge in [-0.15, -0.1) is 0 Å². The van der Waals surface area contributed by atoms with Crippen molar-refractivity contribution in [1.82, 2.24) is 9.78 Å². The molecule has 0 bridgehead atoms. The van der Waals surface area contributed by atoms with Gasteiger partial charge in [-0.1, -0.05) is 58.0 Å². The summed E-state index contributed by atoms with van der Waals surface area (Å²) in [5, 5.41) is 15.0. The van der Waals surface area contributed by atoms with Crippen LogP contribution in [0.5, 0.6) is 11.5 Å². The number of methoxy groups -OCH3 is 2. The first-order valence-electron chi connectivity index (χ1n) is 15.0. The molecular weight excluding hydrogens is 544 g/mol. The first-order chi connectivity index (χ1) is 19.7. The fourth-order valence-corrected chi connectivity index (χ4v) is 6.71. The van der Waals surface area contributed by atoms with Crippen LogP contribution in [-0.2, 0) is 23.8 Å². The number of carbonyl (C=O) groups is 1. The molecule has 2 aromatic carbocycles. The molecule has 0 saturated carbocycles. The van der Waals surface area contributed by atoms with Gasteiger partial charge in [-0.2, -0.15) is 5.10 Å². The molecule has 3 rings (SSSR count). The molecule has 0 aliphatic heterocycles. The van der Waals surface area contributed by atoms with Crippen LogP contribution < -0.4 is 9.47 Å². The van der Waals surface area contributed by atoms with Crippen LogP contribution in [0, 0.1) is 19.8 Å². The highest BCUT2D eigenvalue weighted by Crippen LogP contribution is 2.45. The van der Waals surface area contributed by atoms with E-state index in [-0.39, 0.29) is 22.8 Å². The molecule has 0 aliphatic carbocycles. The van der Waals surface area contributed by atoms with Gasteiger partial charge < -0.3 is 19.0 Å². The molecule has 0 amide bonds. The summed E-state index contributed by atoms with van der Waals surface area (Å²) in [6, 6.07) is 14.6. The molecule has 1 aromatic heterocycles. The molecule has 1 heterocycles. The number of rotatable bonds is 14. The second-order valence-corrected chi connectivity index (χ2v) is 17.5. The molecule has 3 aromatic rings. The average Bonchev–Trinajstić information content (AvgIpc) is 3.26. The molecule has 230 valence electrons. The molecule has 0 saturated heterocycles. The van der Waals surface area contributed by atoms with E-state index in [4.69, 9.17) is 19.0 Å². The van der Waals surface area contributed by atoms with Crippen molar-refractivity contribution >= 4 is 14.3 Å². The Morgan fingerprint density at radius 3 is 2.14 bits per heavy atom. The van der Waals surface area contributed by atoms with Gasteiger partial charge in [0.1, 0.15) is 17.2 Å². The van der Waals surface area contributed by atoms with Crippen molar-refractivity contribution in [2.75, 3.05) is 14.2 Å². The maximum atomic E-state index is 12.5. The summed E-state index contributed by atoms with van der Waals surface area (Å²) in [5.74, 6) is 0.481. The Balaban J connectivity index is 2.17. The number of benzene rings is 2. The number of carboxylic acid groups (broad SMARTS) is 1. The number of ether oxygens (including phenoxy) is 2. The largest absolute Gasteiger partial charge is 0.496 e. The summed E-state index contributed by atoms with van der Waals surface area (Å²) in [5.41, 5.74) is 5.00. The fourth-order valence-electron chi connectivity index (χ4n) is 5.39. The van der Waals surface area contributed by atoms with Crippen molar-refractivity contribution in [3.8, 4) is 11.5 Å². The van der Waals surface area contributed by atoms with E-state index in [1.807, 2.05) is 26.8 Å². The number of aryl methyl sites for hydroxylation is 2. The molecule has 0 unspecified atom stereocenters. The van der Waals surface area contributed by atoms with Crippen molar-refractivity contribution in [1.29, 1.82) is 0 Å². The number of aromatic carboxylic acids is 1. The minimum absolute atomic E-state index is 0.0252. The summed E-state index contributed by atoms with van der Waals surface area (Å²) < 4.78 is 20.5. The van der Waals surface area contributed by atoms with E-state index in [2.05, 4.69) is 70.3 Å². The summed E-state index contributed by atoms with van der Waals surface area (Å²) >= 11 is 0. The quantitative estimate of drug-likeness (QED) is 0.190. The van der Waals surface area contributed by atoms with E-state index < -0.39 is 14.3 Å². The van der Waals surface area contributed by atoms with E-state index in [1.165, 1.54) is 5.56 Å². The molecule has 1 N–H and O–H groups in total. The van der Waals surface area contributed by atoms with Gasteiger partial charge in [0.15, 0.2) is 8.32 Å². The first kappa shape index (κ1) is 33.4. The Kier molecular flexibility index (Phi) is 11.1. The Morgan fingerprint density at radius 1 is 1.05 bits per heavy atom. The van der Waals surface area contributed by atoms with Gasteiger partial charge in [0.2, 0.25) is 0 Å². The lowest BCUT2D eigenvalue weighted by atomic mass is 9.89. The van der Waals surface area contributed by atoms with Gasteiger partial charge in [0.25, 0.3) is 0 Å². The van der Waals surface area contributed by atoms with Gasteiger partial charge in [0.05, 0.1) is 26.0 Å². The van der Waals surface area contributed by atoms with Gasteiger partial charge in [-0.05, 0) is 80.9 Å². The predicted molar refractivity (Wildman–Crippen MR) is 171 cm³/mol. The van der Waals surface area contributed by atoms with Crippen molar-refractivity contribution in [3.63, 3.8) is 0 Å². The second kappa shape index (κ2) is 13.9.